The Kier molecular flexibility index (Phi) is 4.24. The van der Waals surface area contributed by atoms with Gasteiger partial charge in [0.15, 0.2) is 0 Å². The van der Waals surface area contributed by atoms with Gasteiger partial charge in [-0.3, -0.25) is 0 Å². The van der Waals surface area contributed by atoms with Gasteiger partial charge in [0, 0.05) is 0 Å². The van der Waals surface area contributed by atoms with Crippen LogP contribution in [0, 0.1) is 35.0 Å². The Balaban J connectivity index is 2.16. The van der Waals surface area contributed by atoms with E-state index in [1.54, 1.807) is 0 Å². The summed E-state index contributed by atoms with van der Waals surface area (Å²) >= 11 is 0. The minimum absolute atomic E-state index is 0.480. The maximum absolute atomic E-state index is 4.20. The van der Waals surface area contributed by atoms with Gasteiger partial charge in [0.25, 0.3) is 0 Å². The van der Waals surface area contributed by atoms with Crippen LogP contribution < -0.4 is 0 Å². The van der Waals surface area contributed by atoms with Gasteiger partial charge in [0.05, 0.1) is 0 Å². The predicted octanol–water partition coefficient (Wildman–Crippen LogP) is 5.69. The first kappa shape index (κ1) is 14.2. The summed E-state index contributed by atoms with van der Waals surface area (Å²) in [5.74, 6) is 4.79. The topological polar surface area (TPSA) is 0 Å². The zero-order chi connectivity index (χ0) is 13.3. The summed E-state index contributed by atoms with van der Waals surface area (Å²) in [7, 11) is 0. The molecule has 2 rings (SSSR count). The highest BCUT2D eigenvalue weighted by Gasteiger charge is 2.53. The SMILES string of the molecule is C=CC1(CC)CC(CC(C)CC)C2CC(C)CC21. The summed E-state index contributed by atoms with van der Waals surface area (Å²) < 4.78 is 0. The van der Waals surface area contributed by atoms with Crippen LogP contribution in [0.5, 0.6) is 0 Å². The molecule has 0 aromatic rings. The highest BCUT2D eigenvalue weighted by Crippen LogP contribution is 2.62. The van der Waals surface area contributed by atoms with E-state index in [0.717, 1.165) is 29.6 Å². The summed E-state index contributed by atoms with van der Waals surface area (Å²) in [6, 6.07) is 0. The van der Waals surface area contributed by atoms with Crippen LogP contribution in [0.3, 0.4) is 0 Å². The summed E-state index contributed by atoms with van der Waals surface area (Å²) in [4.78, 5) is 0. The quantitative estimate of drug-likeness (QED) is 0.548. The Labute approximate surface area is 114 Å². The third kappa shape index (κ3) is 2.28. The summed E-state index contributed by atoms with van der Waals surface area (Å²) in [6.07, 6.45) is 10.8. The average molecular weight is 248 g/mol. The van der Waals surface area contributed by atoms with Crippen LogP contribution in [0.15, 0.2) is 12.7 Å². The molecule has 0 saturated heterocycles. The lowest BCUT2D eigenvalue weighted by molar-refractivity contribution is 0.241. The van der Waals surface area contributed by atoms with Crippen molar-refractivity contribution in [1.82, 2.24) is 0 Å². The van der Waals surface area contributed by atoms with Crippen LogP contribution in [0.1, 0.15) is 66.2 Å². The monoisotopic (exact) mass is 248 g/mol. The zero-order valence-electron chi connectivity index (χ0n) is 12.9. The van der Waals surface area contributed by atoms with Crippen molar-refractivity contribution < 1.29 is 0 Å². The maximum atomic E-state index is 4.20. The lowest BCUT2D eigenvalue weighted by Gasteiger charge is -2.31. The van der Waals surface area contributed by atoms with Gasteiger partial charge in [-0.25, -0.2) is 0 Å². The molecule has 18 heavy (non-hydrogen) atoms. The van der Waals surface area contributed by atoms with Crippen molar-refractivity contribution >= 4 is 0 Å². The molecule has 2 fully saturated rings. The fourth-order valence-corrected chi connectivity index (χ4v) is 5.03. The Bertz CT molecular complexity index is 292. The first-order valence-corrected chi connectivity index (χ1v) is 8.19. The van der Waals surface area contributed by atoms with Gasteiger partial charge in [-0.2, -0.15) is 0 Å². The van der Waals surface area contributed by atoms with Crippen molar-refractivity contribution in [3.8, 4) is 0 Å². The maximum Gasteiger partial charge on any atom is -0.00897 e. The van der Waals surface area contributed by atoms with Gasteiger partial charge in [-0.15, -0.1) is 6.58 Å². The summed E-state index contributed by atoms with van der Waals surface area (Å²) in [5.41, 5.74) is 0.480. The first-order valence-electron chi connectivity index (χ1n) is 8.19. The lowest BCUT2D eigenvalue weighted by atomic mass is 9.74. The van der Waals surface area contributed by atoms with Crippen LogP contribution in [0.2, 0.25) is 0 Å². The number of hydrogen-bond donors (Lipinski definition) is 0. The summed E-state index contributed by atoms with van der Waals surface area (Å²) in [5, 5.41) is 0. The third-order valence-electron chi connectivity index (χ3n) is 6.30. The van der Waals surface area contributed by atoms with Gasteiger partial charge in [-0.05, 0) is 67.1 Å². The Morgan fingerprint density at radius 3 is 2.61 bits per heavy atom. The van der Waals surface area contributed by atoms with Gasteiger partial charge in [0.1, 0.15) is 0 Å². The largest absolute Gasteiger partial charge is 0.103 e. The minimum Gasteiger partial charge on any atom is -0.103 e. The normalized spacial score (nSPS) is 44.9. The molecule has 0 spiro atoms. The van der Waals surface area contributed by atoms with Crippen LogP contribution in [0.4, 0.5) is 0 Å². The van der Waals surface area contributed by atoms with Crippen molar-refractivity contribution in [2.24, 2.45) is 35.0 Å². The Morgan fingerprint density at radius 2 is 2.06 bits per heavy atom. The van der Waals surface area contributed by atoms with E-state index < -0.39 is 0 Å². The molecule has 0 bridgehead atoms. The second-order valence-electron chi connectivity index (χ2n) is 7.35. The molecule has 104 valence electrons. The smallest absolute Gasteiger partial charge is 0.00897 e. The number of allylic oxidation sites excluding steroid dienone is 1. The highest BCUT2D eigenvalue weighted by molar-refractivity contribution is 5.10. The molecule has 0 heterocycles. The number of hydrogen-bond acceptors (Lipinski definition) is 0. The molecule has 6 unspecified atom stereocenters. The van der Waals surface area contributed by atoms with E-state index in [9.17, 15) is 0 Å². The van der Waals surface area contributed by atoms with Crippen LogP contribution >= 0.6 is 0 Å². The van der Waals surface area contributed by atoms with Crippen LogP contribution in [0.25, 0.3) is 0 Å². The summed E-state index contributed by atoms with van der Waals surface area (Å²) in [6.45, 7) is 13.8. The zero-order valence-corrected chi connectivity index (χ0v) is 12.9. The van der Waals surface area contributed by atoms with E-state index in [2.05, 4.69) is 40.3 Å². The van der Waals surface area contributed by atoms with E-state index in [0.29, 0.717) is 5.41 Å². The molecule has 2 aliphatic rings. The molecule has 2 saturated carbocycles. The molecule has 0 radical (unpaired) electrons. The van der Waals surface area contributed by atoms with Gasteiger partial charge in [-0.1, -0.05) is 40.2 Å². The van der Waals surface area contributed by atoms with Crippen LogP contribution in [-0.4, -0.2) is 0 Å². The van der Waals surface area contributed by atoms with E-state index in [-0.39, 0.29) is 0 Å². The van der Waals surface area contributed by atoms with Crippen LogP contribution in [-0.2, 0) is 0 Å². The number of rotatable bonds is 5. The molecule has 0 aromatic carbocycles. The van der Waals surface area contributed by atoms with Crippen molar-refractivity contribution in [3.63, 3.8) is 0 Å². The molecule has 0 amide bonds. The van der Waals surface area contributed by atoms with Crippen molar-refractivity contribution in [2.75, 3.05) is 0 Å². The third-order valence-corrected chi connectivity index (χ3v) is 6.30. The van der Waals surface area contributed by atoms with Crippen molar-refractivity contribution in [3.05, 3.63) is 12.7 Å². The lowest BCUT2D eigenvalue weighted by Crippen LogP contribution is -2.22. The second-order valence-corrected chi connectivity index (χ2v) is 7.35. The average Bonchev–Trinajstić information content (AvgIpc) is 2.87. The molecule has 0 N–H and O–H groups in total. The molecule has 0 nitrogen and oxygen atoms in total. The van der Waals surface area contributed by atoms with E-state index >= 15 is 0 Å². The molecule has 0 aliphatic heterocycles. The predicted molar refractivity (Wildman–Crippen MR) is 80.5 cm³/mol. The van der Waals surface area contributed by atoms with E-state index in [1.165, 1.54) is 38.5 Å². The molecular formula is C18H32. The van der Waals surface area contributed by atoms with E-state index in [1.807, 2.05) is 0 Å². The Morgan fingerprint density at radius 1 is 1.33 bits per heavy atom. The van der Waals surface area contributed by atoms with E-state index in [4.69, 9.17) is 0 Å². The molecule has 6 atom stereocenters. The van der Waals surface area contributed by atoms with Gasteiger partial charge < -0.3 is 0 Å². The molecule has 0 aromatic heterocycles. The second kappa shape index (κ2) is 5.39. The highest BCUT2D eigenvalue weighted by atomic mass is 14.6. The fourth-order valence-electron chi connectivity index (χ4n) is 5.03. The first-order chi connectivity index (χ1) is 8.56. The Hall–Kier alpha value is -0.260. The molecular weight excluding hydrogens is 216 g/mol. The number of fused-ring (bicyclic) bond motifs is 1. The minimum atomic E-state index is 0.480. The van der Waals surface area contributed by atoms with Crippen molar-refractivity contribution in [1.29, 1.82) is 0 Å². The fraction of sp³-hybridized carbons (Fsp3) is 0.889. The van der Waals surface area contributed by atoms with Gasteiger partial charge >= 0.3 is 0 Å². The van der Waals surface area contributed by atoms with Crippen molar-refractivity contribution in [2.45, 2.75) is 66.2 Å². The molecule has 0 heteroatoms. The van der Waals surface area contributed by atoms with Gasteiger partial charge in [0.2, 0.25) is 0 Å². The standard InChI is InChI=1S/C18H32/c1-6-13(4)9-15-12-18(7-2,8-3)17-11-14(5)10-16(15)17/h7,13-17H,2,6,8-12H2,1,3-5H3. The molecule has 2 aliphatic carbocycles.